The molecule has 0 aliphatic carbocycles. The minimum atomic E-state index is -4.51. The smallest absolute Gasteiger partial charge is 0.434 e. The van der Waals surface area contributed by atoms with Gasteiger partial charge in [0.25, 0.3) is 0 Å². The van der Waals surface area contributed by atoms with Crippen LogP contribution < -0.4 is 4.90 Å². The van der Waals surface area contributed by atoms with E-state index in [1.807, 2.05) is 0 Å². The lowest BCUT2D eigenvalue weighted by Gasteiger charge is -2.33. The van der Waals surface area contributed by atoms with Gasteiger partial charge in [0, 0.05) is 31.6 Å². The number of hydrogen-bond acceptors (Lipinski definition) is 6. The number of anilines is 1. The standard InChI is InChI=1S/C17H18F3N3O4S2/c1-11-2-3-13(8-12(11)9-15(24)25)29(26,27)23-6-4-22(5-7-23)16-21-14(10-28-16)17(18,19)20/h2-3,8,10H,4-7,9H2,1H3,(H,24,25). The highest BCUT2D eigenvalue weighted by molar-refractivity contribution is 7.89. The van der Waals surface area contributed by atoms with Crippen LogP contribution in [-0.4, -0.2) is 55.0 Å². The van der Waals surface area contributed by atoms with Gasteiger partial charge < -0.3 is 10.0 Å². The number of hydrogen-bond donors (Lipinski definition) is 1. The average molecular weight is 449 g/mol. The first kappa shape index (κ1) is 21.5. The SMILES string of the molecule is Cc1ccc(S(=O)(=O)N2CCN(c3nc(C(F)(F)F)cs3)CC2)cc1CC(=O)O. The molecule has 1 aliphatic heterocycles. The monoisotopic (exact) mass is 449 g/mol. The van der Waals surface area contributed by atoms with Crippen LogP contribution in [0.25, 0.3) is 0 Å². The molecule has 3 rings (SSSR count). The van der Waals surface area contributed by atoms with Crippen molar-refractivity contribution in [3.63, 3.8) is 0 Å². The molecule has 1 N–H and O–H groups in total. The van der Waals surface area contributed by atoms with Gasteiger partial charge in [-0.2, -0.15) is 17.5 Å². The zero-order valence-corrected chi connectivity index (χ0v) is 16.9. The van der Waals surface area contributed by atoms with E-state index in [9.17, 15) is 26.4 Å². The summed E-state index contributed by atoms with van der Waals surface area (Å²) in [4.78, 5) is 16.2. The van der Waals surface area contributed by atoms with Crippen LogP contribution in [-0.2, 0) is 27.4 Å². The van der Waals surface area contributed by atoms with E-state index in [0.717, 1.165) is 16.7 Å². The molecule has 0 atom stereocenters. The zero-order valence-electron chi connectivity index (χ0n) is 15.3. The molecule has 12 heteroatoms. The number of thiazole rings is 1. The van der Waals surface area contributed by atoms with Crippen molar-refractivity contribution in [2.45, 2.75) is 24.4 Å². The molecule has 1 aromatic heterocycles. The Balaban J connectivity index is 1.73. The van der Waals surface area contributed by atoms with Crippen LogP contribution in [0.1, 0.15) is 16.8 Å². The van der Waals surface area contributed by atoms with Crippen molar-refractivity contribution in [2.75, 3.05) is 31.1 Å². The Morgan fingerprint density at radius 3 is 2.45 bits per heavy atom. The molecule has 0 spiro atoms. The van der Waals surface area contributed by atoms with E-state index in [1.54, 1.807) is 17.9 Å². The summed E-state index contributed by atoms with van der Waals surface area (Å²) in [6.45, 7) is 2.29. The minimum Gasteiger partial charge on any atom is -0.481 e. The van der Waals surface area contributed by atoms with Gasteiger partial charge in [-0.3, -0.25) is 4.79 Å². The maximum absolute atomic E-state index is 12.9. The molecule has 0 radical (unpaired) electrons. The van der Waals surface area contributed by atoms with Crippen LogP contribution in [0.3, 0.4) is 0 Å². The van der Waals surface area contributed by atoms with Crippen LogP contribution in [0.5, 0.6) is 0 Å². The molecule has 29 heavy (non-hydrogen) atoms. The number of nitrogens with zero attached hydrogens (tertiary/aromatic N) is 3. The second-order valence-electron chi connectivity index (χ2n) is 6.56. The summed E-state index contributed by atoms with van der Waals surface area (Å²) in [5.74, 6) is -1.06. The summed E-state index contributed by atoms with van der Waals surface area (Å²) in [5.41, 5.74) is 0.137. The Hall–Kier alpha value is -2.18. The van der Waals surface area contributed by atoms with Crippen molar-refractivity contribution in [3.05, 3.63) is 40.4 Å². The highest BCUT2D eigenvalue weighted by Crippen LogP contribution is 2.33. The number of aliphatic carboxylic acids is 1. The second-order valence-corrected chi connectivity index (χ2v) is 9.34. The molecular weight excluding hydrogens is 431 g/mol. The second kappa shape index (κ2) is 7.92. The molecule has 1 fully saturated rings. The van der Waals surface area contributed by atoms with E-state index >= 15 is 0 Å². The molecule has 7 nitrogen and oxygen atoms in total. The zero-order chi connectivity index (χ0) is 21.4. The molecule has 1 aromatic carbocycles. The van der Waals surface area contributed by atoms with Gasteiger partial charge in [0.1, 0.15) is 0 Å². The number of piperazine rings is 1. The predicted octanol–water partition coefficient (Wildman–Crippen LogP) is 2.61. The summed E-state index contributed by atoms with van der Waals surface area (Å²) in [5, 5.41) is 10.1. The van der Waals surface area contributed by atoms with E-state index in [4.69, 9.17) is 5.11 Å². The van der Waals surface area contributed by atoms with Crippen molar-refractivity contribution < 1.29 is 31.5 Å². The van der Waals surface area contributed by atoms with Crippen molar-refractivity contribution in [3.8, 4) is 0 Å². The molecule has 2 heterocycles. The molecule has 0 saturated carbocycles. The lowest BCUT2D eigenvalue weighted by molar-refractivity contribution is -0.140. The Kier molecular flexibility index (Phi) is 5.88. The van der Waals surface area contributed by atoms with Gasteiger partial charge in [0.2, 0.25) is 10.0 Å². The van der Waals surface area contributed by atoms with Crippen molar-refractivity contribution in [1.82, 2.24) is 9.29 Å². The lowest BCUT2D eigenvalue weighted by Crippen LogP contribution is -2.48. The molecule has 2 aromatic rings. The normalized spacial score (nSPS) is 16.2. The molecule has 0 bridgehead atoms. The first-order valence-electron chi connectivity index (χ1n) is 8.57. The van der Waals surface area contributed by atoms with E-state index in [2.05, 4.69) is 4.98 Å². The average Bonchev–Trinajstić information content (AvgIpc) is 3.14. The summed E-state index contributed by atoms with van der Waals surface area (Å²) in [6.07, 6.45) is -4.80. The third-order valence-electron chi connectivity index (χ3n) is 4.59. The first-order valence-corrected chi connectivity index (χ1v) is 10.9. The summed E-state index contributed by atoms with van der Waals surface area (Å²) in [7, 11) is -3.84. The summed E-state index contributed by atoms with van der Waals surface area (Å²) < 4.78 is 65.2. The maximum Gasteiger partial charge on any atom is 0.434 e. The molecule has 1 saturated heterocycles. The van der Waals surface area contributed by atoms with Crippen molar-refractivity contribution in [1.29, 1.82) is 0 Å². The molecular formula is C17H18F3N3O4S2. The third kappa shape index (κ3) is 4.70. The van der Waals surface area contributed by atoms with Crippen LogP contribution in [0.2, 0.25) is 0 Å². The van der Waals surface area contributed by atoms with E-state index in [1.165, 1.54) is 16.4 Å². The Labute approximate surface area is 169 Å². The van der Waals surface area contributed by atoms with Gasteiger partial charge >= 0.3 is 12.1 Å². The van der Waals surface area contributed by atoms with Crippen LogP contribution in [0.15, 0.2) is 28.5 Å². The van der Waals surface area contributed by atoms with E-state index < -0.39 is 27.9 Å². The van der Waals surface area contributed by atoms with Crippen LogP contribution >= 0.6 is 11.3 Å². The maximum atomic E-state index is 12.9. The van der Waals surface area contributed by atoms with Gasteiger partial charge in [0.15, 0.2) is 10.8 Å². The van der Waals surface area contributed by atoms with Crippen LogP contribution in [0.4, 0.5) is 18.3 Å². The number of aryl methyl sites for hydroxylation is 1. The number of carboxylic acids is 1. The van der Waals surface area contributed by atoms with Crippen molar-refractivity contribution in [2.24, 2.45) is 0 Å². The minimum absolute atomic E-state index is 0.00130. The molecule has 1 aliphatic rings. The summed E-state index contributed by atoms with van der Waals surface area (Å²) in [6, 6.07) is 4.36. The fourth-order valence-corrected chi connectivity index (χ4v) is 5.33. The quantitative estimate of drug-likeness (QED) is 0.755. The van der Waals surface area contributed by atoms with Gasteiger partial charge in [-0.05, 0) is 30.2 Å². The van der Waals surface area contributed by atoms with Gasteiger partial charge in [-0.1, -0.05) is 6.07 Å². The Morgan fingerprint density at radius 1 is 1.24 bits per heavy atom. The number of alkyl halides is 3. The Morgan fingerprint density at radius 2 is 1.90 bits per heavy atom. The predicted molar refractivity (Wildman–Crippen MR) is 101 cm³/mol. The highest BCUT2D eigenvalue weighted by atomic mass is 32.2. The van der Waals surface area contributed by atoms with Gasteiger partial charge in [-0.15, -0.1) is 11.3 Å². The summed E-state index contributed by atoms with van der Waals surface area (Å²) >= 11 is 0.869. The van der Waals surface area contributed by atoms with Crippen LogP contribution in [0, 0.1) is 6.92 Å². The number of rotatable bonds is 5. The van der Waals surface area contributed by atoms with E-state index in [0.29, 0.717) is 11.1 Å². The van der Waals surface area contributed by atoms with E-state index in [-0.39, 0.29) is 42.6 Å². The number of carbonyl (C=O) groups is 1. The number of benzene rings is 1. The molecule has 0 amide bonds. The number of aromatic nitrogens is 1. The highest BCUT2D eigenvalue weighted by Gasteiger charge is 2.35. The largest absolute Gasteiger partial charge is 0.481 e. The molecule has 158 valence electrons. The third-order valence-corrected chi connectivity index (χ3v) is 7.39. The number of sulfonamides is 1. The first-order chi connectivity index (χ1) is 13.5. The number of halogens is 3. The topological polar surface area (TPSA) is 90.8 Å². The van der Waals surface area contributed by atoms with Crippen molar-refractivity contribution >= 4 is 32.5 Å². The molecule has 0 unspecified atom stereocenters. The fraction of sp³-hybridized carbons (Fsp3) is 0.412. The fourth-order valence-electron chi connectivity index (χ4n) is 2.97. The van der Waals surface area contributed by atoms with Gasteiger partial charge in [0.05, 0.1) is 11.3 Å². The van der Waals surface area contributed by atoms with Gasteiger partial charge in [-0.25, -0.2) is 13.4 Å². The lowest BCUT2D eigenvalue weighted by atomic mass is 10.1. The number of carboxylic acid groups (broad SMARTS) is 1. The Bertz CT molecular complexity index is 1010.